The first-order valence-corrected chi connectivity index (χ1v) is 16.2. The van der Waals surface area contributed by atoms with Crippen molar-refractivity contribution < 1.29 is 26.4 Å². The Labute approximate surface area is 254 Å². The monoisotopic (exact) mass is 635 g/mol. The van der Waals surface area contributed by atoms with Gasteiger partial charge in [-0.05, 0) is 66.0 Å². The van der Waals surface area contributed by atoms with E-state index < -0.39 is 32.5 Å². The summed E-state index contributed by atoms with van der Waals surface area (Å²) in [7, 11) is -6.67. The third-order valence-corrected chi connectivity index (χ3v) is 9.99. The summed E-state index contributed by atoms with van der Waals surface area (Å²) in [6, 6.07) is 30.4. The molecular formula is C31H26ClN3O6S2. The second kappa shape index (κ2) is 12.3. The van der Waals surface area contributed by atoms with Crippen LogP contribution in [0.4, 0.5) is 17.1 Å². The molecule has 12 heteroatoms. The van der Waals surface area contributed by atoms with Gasteiger partial charge >= 0.3 is 0 Å². The number of fused-ring (bicyclic) bond motifs is 1. The second-order valence-electron chi connectivity index (χ2n) is 9.35. The number of nitrogens with zero attached hydrogens (tertiary/aromatic N) is 1. The number of ether oxygens (including phenoxy) is 1. The fourth-order valence-corrected chi connectivity index (χ4v) is 7.18. The van der Waals surface area contributed by atoms with Crippen molar-refractivity contribution in [3.8, 4) is 5.75 Å². The Balaban J connectivity index is 1.35. The van der Waals surface area contributed by atoms with Gasteiger partial charge in [0, 0.05) is 11.1 Å². The third-order valence-electron chi connectivity index (χ3n) is 6.52. The van der Waals surface area contributed by atoms with E-state index in [2.05, 4.69) is 10.0 Å². The van der Waals surface area contributed by atoms with Crippen LogP contribution in [0.25, 0.3) is 10.8 Å². The van der Waals surface area contributed by atoms with Crippen LogP contribution >= 0.6 is 11.6 Å². The number of halogens is 1. The van der Waals surface area contributed by atoms with Crippen molar-refractivity contribution in [1.29, 1.82) is 0 Å². The number of benzene rings is 5. The van der Waals surface area contributed by atoms with Crippen LogP contribution in [0, 0.1) is 0 Å². The highest BCUT2D eigenvalue weighted by Gasteiger charge is 2.28. The number of rotatable bonds is 10. The normalized spacial score (nSPS) is 11.6. The zero-order valence-electron chi connectivity index (χ0n) is 22.8. The van der Waals surface area contributed by atoms with Crippen LogP contribution in [0.1, 0.15) is 0 Å². The topological polar surface area (TPSA) is 122 Å². The number of methoxy groups -OCH3 is 1. The van der Waals surface area contributed by atoms with Gasteiger partial charge < -0.3 is 10.1 Å². The summed E-state index contributed by atoms with van der Waals surface area (Å²) in [4.78, 5) is 13.1. The van der Waals surface area contributed by atoms with Crippen molar-refractivity contribution in [3.63, 3.8) is 0 Å². The zero-order valence-corrected chi connectivity index (χ0v) is 25.2. The molecule has 0 spiro atoms. The van der Waals surface area contributed by atoms with E-state index in [0.29, 0.717) is 11.4 Å². The smallest absolute Gasteiger partial charge is 0.264 e. The van der Waals surface area contributed by atoms with E-state index in [4.69, 9.17) is 16.3 Å². The number of anilines is 3. The first kappa shape index (κ1) is 29.9. The number of hydrogen-bond donors (Lipinski definition) is 2. The van der Waals surface area contributed by atoms with E-state index >= 15 is 0 Å². The van der Waals surface area contributed by atoms with E-state index in [1.165, 1.54) is 61.7 Å². The lowest BCUT2D eigenvalue weighted by atomic mass is 10.1. The summed E-state index contributed by atoms with van der Waals surface area (Å²) in [6.45, 7) is -0.581. The summed E-state index contributed by atoms with van der Waals surface area (Å²) in [5.41, 5.74) is 0.874. The summed E-state index contributed by atoms with van der Waals surface area (Å²) in [5.74, 6) is -0.312. The Bertz CT molecular complexity index is 2000. The van der Waals surface area contributed by atoms with Crippen molar-refractivity contribution in [1.82, 2.24) is 0 Å². The van der Waals surface area contributed by atoms with Crippen molar-refractivity contribution in [2.24, 2.45) is 0 Å². The maximum absolute atomic E-state index is 13.6. The molecule has 43 heavy (non-hydrogen) atoms. The molecule has 220 valence electrons. The fourth-order valence-electron chi connectivity index (χ4n) is 4.41. The minimum Gasteiger partial charge on any atom is -0.495 e. The Morgan fingerprint density at radius 1 is 0.791 bits per heavy atom. The van der Waals surface area contributed by atoms with E-state index in [-0.39, 0.29) is 26.2 Å². The minimum absolute atomic E-state index is 0.0111. The summed E-state index contributed by atoms with van der Waals surface area (Å²) < 4.78 is 62.1. The number of carbonyl (C=O) groups is 1. The number of carbonyl (C=O) groups excluding carboxylic acids is 1. The van der Waals surface area contributed by atoms with Gasteiger partial charge in [-0.2, -0.15) is 0 Å². The lowest BCUT2D eigenvalue weighted by Gasteiger charge is -2.24. The second-order valence-corrected chi connectivity index (χ2v) is 13.3. The highest BCUT2D eigenvalue weighted by molar-refractivity contribution is 7.93. The molecule has 0 aromatic heterocycles. The van der Waals surface area contributed by atoms with Crippen molar-refractivity contribution in [2.45, 2.75) is 9.79 Å². The molecule has 9 nitrogen and oxygen atoms in total. The average molecular weight is 636 g/mol. The Morgan fingerprint density at radius 2 is 1.47 bits per heavy atom. The molecule has 2 N–H and O–H groups in total. The van der Waals surface area contributed by atoms with Gasteiger partial charge in [0.15, 0.2) is 0 Å². The zero-order chi connectivity index (χ0) is 30.6. The number of sulfonamides is 2. The summed E-state index contributed by atoms with van der Waals surface area (Å²) in [5, 5.41) is 4.45. The SMILES string of the molecule is COc1ccc(N(CC(=O)Nc2ccc(S(=O)(=O)Nc3cccc4ccccc34)cc2)S(=O)(=O)c2ccccc2)cc1Cl. The number of nitrogens with one attached hydrogen (secondary N) is 2. The van der Waals surface area contributed by atoms with E-state index in [1.54, 1.807) is 30.3 Å². The van der Waals surface area contributed by atoms with Crippen molar-refractivity contribution >= 4 is 65.4 Å². The van der Waals surface area contributed by atoms with Crippen LogP contribution < -0.4 is 19.1 Å². The van der Waals surface area contributed by atoms with Gasteiger partial charge in [-0.3, -0.25) is 13.8 Å². The molecule has 1 amide bonds. The van der Waals surface area contributed by atoms with Crippen molar-refractivity contribution in [3.05, 3.63) is 120 Å². The molecular weight excluding hydrogens is 610 g/mol. The van der Waals surface area contributed by atoms with Gasteiger partial charge in [0.1, 0.15) is 12.3 Å². The predicted molar refractivity (Wildman–Crippen MR) is 169 cm³/mol. The largest absolute Gasteiger partial charge is 0.495 e. The Hall–Kier alpha value is -4.58. The molecule has 0 aliphatic heterocycles. The Morgan fingerprint density at radius 3 is 2.16 bits per heavy atom. The molecule has 0 atom stereocenters. The highest BCUT2D eigenvalue weighted by atomic mass is 35.5. The summed E-state index contributed by atoms with van der Waals surface area (Å²) >= 11 is 6.27. The molecule has 0 saturated carbocycles. The molecule has 5 aromatic carbocycles. The van der Waals surface area contributed by atoms with E-state index in [1.807, 2.05) is 30.3 Å². The maximum Gasteiger partial charge on any atom is 0.264 e. The fraction of sp³-hybridized carbons (Fsp3) is 0.0645. The molecule has 0 radical (unpaired) electrons. The van der Waals surface area contributed by atoms with Crippen LogP contribution in [0.2, 0.25) is 5.02 Å². The average Bonchev–Trinajstić information content (AvgIpc) is 3.00. The van der Waals surface area contributed by atoms with E-state index in [0.717, 1.165) is 15.1 Å². The van der Waals surface area contributed by atoms with Crippen LogP contribution in [-0.2, 0) is 24.8 Å². The first-order valence-electron chi connectivity index (χ1n) is 12.9. The molecule has 5 rings (SSSR count). The Kier molecular flexibility index (Phi) is 8.58. The quantitative estimate of drug-likeness (QED) is 0.190. The van der Waals surface area contributed by atoms with Crippen LogP contribution in [0.15, 0.2) is 125 Å². The van der Waals surface area contributed by atoms with E-state index in [9.17, 15) is 21.6 Å². The molecule has 0 unspecified atom stereocenters. The lowest BCUT2D eigenvalue weighted by Crippen LogP contribution is -2.38. The van der Waals surface area contributed by atoms with Crippen molar-refractivity contribution in [2.75, 3.05) is 28.0 Å². The van der Waals surface area contributed by atoms with Crippen LogP contribution in [-0.4, -0.2) is 36.4 Å². The van der Waals surface area contributed by atoms with Gasteiger partial charge in [-0.25, -0.2) is 16.8 Å². The van der Waals surface area contributed by atoms with Crippen LogP contribution in [0.3, 0.4) is 0 Å². The van der Waals surface area contributed by atoms with Gasteiger partial charge in [-0.1, -0.05) is 66.2 Å². The third kappa shape index (κ3) is 6.59. The molecule has 0 aliphatic rings. The van der Waals surface area contributed by atoms with Gasteiger partial charge in [0.2, 0.25) is 5.91 Å². The number of amides is 1. The highest BCUT2D eigenvalue weighted by Crippen LogP contribution is 2.32. The predicted octanol–water partition coefficient (Wildman–Crippen LogP) is 6.14. The molecule has 0 bridgehead atoms. The van der Waals surface area contributed by atoms with Gasteiger partial charge in [0.25, 0.3) is 20.0 Å². The molecule has 0 fully saturated rings. The maximum atomic E-state index is 13.6. The van der Waals surface area contributed by atoms with Gasteiger partial charge in [0.05, 0.1) is 33.3 Å². The standard InChI is InChI=1S/C31H26ClN3O6S2/c1-41-30-19-16-24(20-28(30)32)35(43(39,40)26-10-3-2-4-11-26)21-31(36)33-23-14-17-25(18-15-23)42(37,38)34-29-13-7-9-22-8-5-6-12-27(22)29/h2-20,34H,21H2,1H3,(H,33,36). The first-order chi connectivity index (χ1) is 20.6. The summed E-state index contributed by atoms with van der Waals surface area (Å²) in [6.07, 6.45) is 0. The minimum atomic E-state index is -4.16. The number of hydrogen-bond acceptors (Lipinski definition) is 6. The van der Waals surface area contributed by atoms with Crippen LogP contribution in [0.5, 0.6) is 5.75 Å². The molecule has 0 aliphatic carbocycles. The molecule has 5 aromatic rings. The molecule has 0 saturated heterocycles. The van der Waals surface area contributed by atoms with Gasteiger partial charge in [-0.15, -0.1) is 0 Å². The lowest BCUT2D eigenvalue weighted by molar-refractivity contribution is -0.114. The molecule has 0 heterocycles.